The molecular formula is C13H24O3. The van der Waals surface area contributed by atoms with Gasteiger partial charge >= 0.3 is 5.97 Å². The van der Waals surface area contributed by atoms with Gasteiger partial charge in [0.15, 0.2) is 0 Å². The largest absolute Gasteiger partial charge is 0.465 e. The number of hydrogen-bond donors (Lipinski definition) is 0. The average Bonchev–Trinajstić information content (AvgIpc) is 2.26. The molecule has 3 heteroatoms. The van der Waals surface area contributed by atoms with Crippen LogP contribution in [0.1, 0.15) is 58.8 Å². The molecule has 0 amide bonds. The topological polar surface area (TPSA) is 43.4 Å². The highest BCUT2D eigenvalue weighted by molar-refractivity contribution is 5.71. The van der Waals surface area contributed by atoms with E-state index in [-0.39, 0.29) is 11.9 Å². The van der Waals surface area contributed by atoms with Crippen molar-refractivity contribution in [1.82, 2.24) is 0 Å². The predicted octanol–water partition coefficient (Wildman–Crippen LogP) is 3.12. The van der Waals surface area contributed by atoms with Crippen molar-refractivity contribution in [3.05, 3.63) is 0 Å². The molecule has 94 valence electrons. The summed E-state index contributed by atoms with van der Waals surface area (Å²) in [5, 5.41) is 0. The second kappa shape index (κ2) is 10.7. The van der Waals surface area contributed by atoms with Crippen LogP contribution in [0.15, 0.2) is 0 Å². The summed E-state index contributed by atoms with van der Waals surface area (Å²) < 4.78 is 5.06. The highest BCUT2D eigenvalue weighted by atomic mass is 16.5. The first-order chi connectivity index (χ1) is 7.68. The van der Waals surface area contributed by atoms with Crippen molar-refractivity contribution in [1.29, 1.82) is 0 Å². The van der Waals surface area contributed by atoms with Gasteiger partial charge in [0.1, 0.15) is 6.29 Å². The molecule has 0 spiro atoms. The Bertz CT molecular complexity index is 188. The Labute approximate surface area is 98.6 Å². The van der Waals surface area contributed by atoms with E-state index in [1.54, 1.807) is 0 Å². The van der Waals surface area contributed by atoms with Crippen LogP contribution in [0.25, 0.3) is 0 Å². The highest BCUT2D eigenvalue weighted by Gasteiger charge is 2.06. The highest BCUT2D eigenvalue weighted by Crippen LogP contribution is 2.07. The third kappa shape index (κ3) is 9.69. The maximum atomic E-state index is 11.1. The number of unbranched alkanes of at least 4 members (excludes halogenated alkanes) is 6. The van der Waals surface area contributed by atoms with Crippen molar-refractivity contribution in [2.45, 2.75) is 58.8 Å². The Morgan fingerprint density at radius 1 is 1.06 bits per heavy atom. The van der Waals surface area contributed by atoms with E-state index in [9.17, 15) is 9.59 Å². The Hall–Kier alpha value is -0.860. The SMILES string of the molecule is CC(C)C(=O)OCCCCCCCCC=O. The minimum atomic E-state index is -0.106. The third-order valence-electron chi connectivity index (χ3n) is 2.43. The molecule has 0 radical (unpaired) electrons. The molecule has 3 nitrogen and oxygen atoms in total. The van der Waals surface area contributed by atoms with Gasteiger partial charge in [0.2, 0.25) is 0 Å². The zero-order valence-electron chi connectivity index (χ0n) is 10.5. The van der Waals surface area contributed by atoms with Crippen LogP contribution >= 0.6 is 0 Å². The number of carbonyl (C=O) groups excluding carboxylic acids is 2. The molecule has 16 heavy (non-hydrogen) atoms. The maximum absolute atomic E-state index is 11.1. The summed E-state index contributed by atoms with van der Waals surface area (Å²) >= 11 is 0. The monoisotopic (exact) mass is 228 g/mol. The average molecular weight is 228 g/mol. The standard InChI is InChI=1S/C13H24O3/c1-12(2)13(15)16-11-9-7-5-3-4-6-8-10-14/h10,12H,3-9,11H2,1-2H3. The quantitative estimate of drug-likeness (QED) is 0.328. The first-order valence-electron chi connectivity index (χ1n) is 6.28. The van der Waals surface area contributed by atoms with E-state index in [2.05, 4.69) is 0 Å². The molecule has 0 aromatic rings. The molecule has 0 N–H and O–H groups in total. The molecule has 0 saturated heterocycles. The number of esters is 1. The van der Waals surface area contributed by atoms with Crippen LogP contribution in [0.5, 0.6) is 0 Å². The lowest BCUT2D eigenvalue weighted by Gasteiger charge is -2.06. The van der Waals surface area contributed by atoms with Gasteiger partial charge in [-0.05, 0) is 12.8 Å². The van der Waals surface area contributed by atoms with Crippen molar-refractivity contribution in [3.8, 4) is 0 Å². The van der Waals surface area contributed by atoms with Crippen molar-refractivity contribution in [2.24, 2.45) is 5.92 Å². The smallest absolute Gasteiger partial charge is 0.308 e. The van der Waals surface area contributed by atoms with Gasteiger partial charge in [-0.3, -0.25) is 4.79 Å². The molecule has 0 aromatic heterocycles. The van der Waals surface area contributed by atoms with Gasteiger partial charge in [-0.15, -0.1) is 0 Å². The van der Waals surface area contributed by atoms with Crippen molar-refractivity contribution >= 4 is 12.3 Å². The van der Waals surface area contributed by atoms with Crippen LogP contribution in [-0.2, 0) is 14.3 Å². The second-order valence-electron chi connectivity index (χ2n) is 4.40. The number of carbonyl (C=O) groups is 2. The molecule has 0 fully saturated rings. The van der Waals surface area contributed by atoms with E-state index in [0.717, 1.165) is 38.4 Å². The first-order valence-corrected chi connectivity index (χ1v) is 6.28. The van der Waals surface area contributed by atoms with E-state index < -0.39 is 0 Å². The van der Waals surface area contributed by atoms with Gasteiger partial charge in [0, 0.05) is 6.42 Å². The Morgan fingerprint density at radius 2 is 1.62 bits per heavy atom. The van der Waals surface area contributed by atoms with Crippen molar-refractivity contribution in [3.63, 3.8) is 0 Å². The fourth-order valence-electron chi connectivity index (χ4n) is 1.38. The van der Waals surface area contributed by atoms with Crippen LogP contribution in [0.3, 0.4) is 0 Å². The Morgan fingerprint density at radius 3 is 2.19 bits per heavy atom. The van der Waals surface area contributed by atoms with Crippen LogP contribution in [0, 0.1) is 5.92 Å². The summed E-state index contributed by atoms with van der Waals surface area (Å²) in [7, 11) is 0. The fraction of sp³-hybridized carbons (Fsp3) is 0.846. The number of ether oxygens (including phenoxy) is 1. The van der Waals surface area contributed by atoms with Gasteiger partial charge in [-0.25, -0.2) is 0 Å². The van der Waals surface area contributed by atoms with Gasteiger partial charge in [-0.1, -0.05) is 39.5 Å². The fourth-order valence-corrected chi connectivity index (χ4v) is 1.38. The van der Waals surface area contributed by atoms with E-state index in [4.69, 9.17) is 4.74 Å². The van der Waals surface area contributed by atoms with E-state index in [0.29, 0.717) is 13.0 Å². The minimum Gasteiger partial charge on any atom is -0.465 e. The lowest BCUT2D eigenvalue weighted by atomic mass is 10.1. The lowest BCUT2D eigenvalue weighted by molar-refractivity contribution is -0.147. The molecule has 0 atom stereocenters. The molecule has 0 rings (SSSR count). The molecule has 0 bridgehead atoms. The van der Waals surface area contributed by atoms with Crippen LogP contribution in [0.2, 0.25) is 0 Å². The zero-order valence-corrected chi connectivity index (χ0v) is 10.5. The summed E-state index contributed by atoms with van der Waals surface area (Å²) in [6, 6.07) is 0. The molecule has 0 aliphatic carbocycles. The Kier molecular flexibility index (Phi) is 10.1. The van der Waals surface area contributed by atoms with Crippen molar-refractivity contribution < 1.29 is 14.3 Å². The van der Waals surface area contributed by atoms with Gasteiger partial charge in [-0.2, -0.15) is 0 Å². The van der Waals surface area contributed by atoms with Gasteiger partial charge in [0.05, 0.1) is 12.5 Å². The second-order valence-corrected chi connectivity index (χ2v) is 4.40. The normalized spacial score (nSPS) is 10.4. The third-order valence-corrected chi connectivity index (χ3v) is 2.43. The van der Waals surface area contributed by atoms with Gasteiger partial charge < -0.3 is 9.53 Å². The van der Waals surface area contributed by atoms with Crippen LogP contribution in [-0.4, -0.2) is 18.9 Å². The molecule has 0 aromatic carbocycles. The Balaban J connectivity index is 3.09. The molecule has 0 aliphatic heterocycles. The number of hydrogen-bond acceptors (Lipinski definition) is 3. The minimum absolute atomic E-state index is 0.0247. The van der Waals surface area contributed by atoms with Crippen LogP contribution < -0.4 is 0 Å². The summed E-state index contributed by atoms with van der Waals surface area (Å²) in [4.78, 5) is 21.1. The van der Waals surface area contributed by atoms with Crippen molar-refractivity contribution in [2.75, 3.05) is 6.61 Å². The molecule has 0 unspecified atom stereocenters. The zero-order chi connectivity index (χ0) is 12.2. The number of rotatable bonds is 10. The molecule has 0 heterocycles. The lowest BCUT2D eigenvalue weighted by Crippen LogP contribution is -2.12. The van der Waals surface area contributed by atoms with E-state index in [1.165, 1.54) is 6.42 Å². The predicted molar refractivity (Wildman–Crippen MR) is 64.2 cm³/mol. The summed E-state index contributed by atoms with van der Waals surface area (Å²) in [6.45, 7) is 4.23. The maximum Gasteiger partial charge on any atom is 0.308 e. The van der Waals surface area contributed by atoms with E-state index in [1.807, 2.05) is 13.8 Å². The summed E-state index contributed by atoms with van der Waals surface area (Å²) in [5.74, 6) is -0.130. The summed E-state index contributed by atoms with van der Waals surface area (Å²) in [6.07, 6.45) is 8.19. The summed E-state index contributed by atoms with van der Waals surface area (Å²) in [5.41, 5.74) is 0. The number of aldehydes is 1. The van der Waals surface area contributed by atoms with Crippen LogP contribution in [0.4, 0.5) is 0 Å². The van der Waals surface area contributed by atoms with Gasteiger partial charge in [0.25, 0.3) is 0 Å². The molecular weight excluding hydrogens is 204 g/mol. The molecule has 0 saturated carbocycles. The van der Waals surface area contributed by atoms with E-state index >= 15 is 0 Å². The first kappa shape index (κ1) is 15.1. The molecule has 0 aliphatic rings.